The van der Waals surface area contributed by atoms with E-state index >= 15 is 0 Å². The Hall–Kier alpha value is -0.0600. The number of rotatable bonds is 3. The first kappa shape index (κ1) is 15.3. The average molecular weight is 390 g/mol. The Morgan fingerprint density at radius 1 is 1.21 bits per heavy atom. The molecule has 0 bridgehead atoms. The molecule has 1 N–H and O–H groups in total. The maximum Gasteiger partial charge on any atom is 0.0542 e. The molecule has 0 radical (unpaired) electrons. The fourth-order valence-electron chi connectivity index (χ4n) is 2.74. The number of nitrogens with one attached hydrogen (secondary N) is 1. The molecule has 1 atom stereocenters. The van der Waals surface area contributed by atoms with Gasteiger partial charge in [-0.25, -0.2) is 0 Å². The Bertz CT molecular complexity index is 456. The highest BCUT2D eigenvalue weighted by Gasteiger charge is 2.16. The highest BCUT2D eigenvalue weighted by Crippen LogP contribution is 2.31. The van der Waals surface area contributed by atoms with Gasteiger partial charge >= 0.3 is 0 Å². The predicted octanol–water partition coefficient (Wildman–Crippen LogP) is 5.49. The topological polar surface area (TPSA) is 12.0 Å². The van der Waals surface area contributed by atoms with Crippen molar-refractivity contribution in [2.45, 2.75) is 44.6 Å². The number of halogens is 2. The first-order valence-electron chi connectivity index (χ1n) is 7.03. The number of benzene rings is 1. The van der Waals surface area contributed by atoms with E-state index in [0.717, 1.165) is 8.59 Å². The van der Waals surface area contributed by atoms with Crippen LogP contribution in [0.3, 0.4) is 0 Å². The van der Waals surface area contributed by atoms with Crippen molar-refractivity contribution >= 4 is 34.2 Å². The van der Waals surface area contributed by atoms with Gasteiger partial charge in [0.2, 0.25) is 0 Å². The molecule has 0 amide bonds. The Balaban J connectivity index is 2.24. The van der Waals surface area contributed by atoms with E-state index in [2.05, 4.69) is 52.2 Å². The molecule has 1 nitrogen and oxygen atoms in total. The van der Waals surface area contributed by atoms with Crippen LogP contribution >= 0.6 is 34.2 Å². The molecule has 0 aromatic heterocycles. The zero-order chi connectivity index (χ0) is 13.7. The predicted molar refractivity (Wildman–Crippen MR) is 91.8 cm³/mol. The molecular weight excluding hydrogens is 369 g/mol. The molecule has 1 aliphatic rings. The van der Waals surface area contributed by atoms with Gasteiger partial charge in [-0.05, 0) is 73.0 Å². The molecule has 0 spiro atoms. The largest absolute Gasteiger partial charge is 0.310 e. The van der Waals surface area contributed by atoms with Gasteiger partial charge < -0.3 is 5.32 Å². The summed E-state index contributed by atoms with van der Waals surface area (Å²) < 4.78 is 1.12. The second-order valence-corrected chi connectivity index (χ2v) is 6.70. The summed E-state index contributed by atoms with van der Waals surface area (Å²) in [5, 5.41) is 4.31. The minimum absolute atomic E-state index is 0.313. The molecule has 1 unspecified atom stereocenters. The first-order chi connectivity index (χ1) is 9.22. The zero-order valence-corrected chi connectivity index (χ0v) is 14.3. The standard InChI is InChI=1S/C16H21ClIN/c1-19-16(12-7-5-3-2-4-6-8-12)13-9-10-15(18)14(17)11-13/h7,9-11,16,19H,2-6,8H2,1H3/b12-7+. The third kappa shape index (κ3) is 4.20. The van der Waals surface area contributed by atoms with Crippen LogP contribution in [0, 0.1) is 3.57 Å². The normalized spacial score (nSPS) is 21.1. The van der Waals surface area contributed by atoms with Crippen molar-refractivity contribution in [3.63, 3.8) is 0 Å². The third-order valence-electron chi connectivity index (χ3n) is 3.76. The van der Waals surface area contributed by atoms with Crippen molar-refractivity contribution in [2.75, 3.05) is 7.05 Å². The van der Waals surface area contributed by atoms with Gasteiger partial charge in [-0.1, -0.05) is 42.2 Å². The smallest absolute Gasteiger partial charge is 0.0542 e. The molecule has 0 heterocycles. The van der Waals surface area contributed by atoms with Crippen molar-refractivity contribution < 1.29 is 0 Å². The van der Waals surface area contributed by atoms with Crippen molar-refractivity contribution in [2.24, 2.45) is 0 Å². The SMILES string of the molecule is CNC(/C1=C/CCCCCC1)c1ccc(I)c(Cl)c1. The molecule has 104 valence electrons. The van der Waals surface area contributed by atoms with Crippen LogP contribution in [-0.4, -0.2) is 7.05 Å². The van der Waals surface area contributed by atoms with Crippen molar-refractivity contribution in [3.05, 3.63) is 44.0 Å². The van der Waals surface area contributed by atoms with Gasteiger partial charge in [-0.3, -0.25) is 0 Å². The van der Waals surface area contributed by atoms with Crippen LogP contribution in [0.4, 0.5) is 0 Å². The Morgan fingerprint density at radius 2 is 2.00 bits per heavy atom. The first-order valence-corrected chi connectivity index (χ1v) is 8.49. The summed E-state index contributed by atoms with van der Waals surface area (Å²) in [5.74, 6) is 0. The molecule has 0 aliphatic heterocycles. The molecule has 0 saturated heterocycles. The Kier molecular flexibility index (Phi) is 6.17. The monoisotopic (exact) mass is 389 g/mol. The van der Waals surface area contributed by atoms with E-state index in [4.69, 9.17) is 11.6 Å². The van der Waals surface area contributed by atoms with Crippen molar-refractivity contribution in [1.29, 1.82) is 0 Å². The number of hydrogen-bond donors (Lipinski definition) is 1. The van der Waals surface area contributed by atoms with Crippen LogP contribution in [0.25, 0.3) is 0 Å². The quantitative estimate of drug-likeness (QED) is 0.533. The molecule has 0 saturated carbocycles. The molecular formula is C16H21ClIN. The number of allylic oxidation sites excluding steroid dienone is 1. The van der Waals surface area contributed by atoms with E-state index in [1.807, 2.05) is 7.05 Å². The van der Waals surface area contributed by atoms with E-state index in [-0.39, 0.29) is 0 Å². The van der Waals surface area contributed by atoms with Gasteiger partial charge in [0.15, 0.2) is 0 Å². The van der Waals surface area contributed by atoms with E-state index in [0.29, 0.717) is 6.04 Å². The van der Waals surface area contributed by atoms with Crippen molar-refractivity contribution in [1.82, 2.24) is 5.32 Å². The lowest BCUT2D eigenvalue weighted by molar-refractivity contribution is 0.574. The fraction of sp³-hybridized carbons (Fsp3) is 0.500. The summed E-state index contributed by atoms with van der Waals surface area (Å²) in [6.45, 7) is 0. The van der Waals surface area contributed by atoms with Crippen LogP contribution in [0.15, 0.2) is 29.8 Å². The molecule has 3 heteroatoms. The van der Waals surface area contributed by atoms with Gasteiger partial charge in [0, 0.05) is 3.57 Å². The van der Waals surface area contributed by atoms with Gasteiger partial charge in [0.05, 0.1) is 11.1 Å². The van der Waals surface area contributed by atoms with E-state index in [9.17, 15) is 0 Å². The average Bonchev–Trinajstić information content (AvgIpc) is 2.36. The van der Waals surface area contributed by atoms with Crippen LogP contribution in [-0.2, 0) is 0 Å². The maximum atomic E-state index is 6.26. The molecule has 19 heavy (non-hydrogen) atoms. The fourth-order valence-corrected chi connectivity index (χ4v) is 3.26. The Labute approximate surface area is 135 Å². The summed E-state index contributed by atoms with van der Waals surface area (Å²) >= 11 is 8.53. The summed E-state index contributed by atoms with van der Waals surface area (Å²) in [6.07, 6.45) is 10.2. The van der Waals surface area contributed by atoms with E-state index < -0.39 is 0 Å². The van der Waals surface area contributed by atoms with Gasteiger partial charge in [0.1, 0.15) is 0 Å². The lowest BCUT2D eigenvalue weighted by Crippen LogP contribution is -2.19. The third-order valence-corrected chi connectivity index (χ3v) is 5.33. The summed E-state index contributed by atoms with van der Waals surface area (Å²) in [4.78, 5) is 0. The summed E-state index contributed by atoms with van der Waals surface area (Å²) in [7, 11) is 2.04. The minimum Gasteiger partial charge on any atom is -0.310 e. The summed E-state index contributed by atoms with van der Waals surface area (Å²) in [5.41, 5.74) is 2.80. The number of hydrogen-bond acceptors (Lipinski definition) is 1. The number of likely N-dealkylation sites (N-methyl/N-ethyl adjacent to an activating group) is 1. The highest BCUT2D eigenvalue weighted by atomic mass is 127. The molecule has 1 aromatic rings. The van der Waals surface area contributed by atoms with Crippen molar-refractivity contribution in [3.8, 4) is 0 Å². The second-order valence-electron chi connectivity index (χ2n) is 5.13. The highest BCUT2D eigenvalue weighted by molar-refractivity contribution is 14.1. The zero-order valence-electron chi connectivity index (χ0n) is 11.4. The summed E-state index contributed by atoms with van der Waals surface area (Å²) in [6, 6.07) is 6.71. The van der Waals surface area contributed by atoms with Crippen LogP contribution in [0.2, 0.25) is 5.02 Å². The molecule has 1 aliphatic carbocycles. The van der Waals surface area contributed by atoms with Gasteiger partial charge in [-0.15, -0.1) is 0 Å². The maximum absolute atomic E-state index is 6.26. The van der Waals surface area contributed by atoms with Crippen LogP contribution < -0.4 is 5.32 Å². The molecule has 0 fully saturated rings. The molecule has 1 aromatic carbocycles. The van der Waals surface area contributed by atoms with Crippen LogP contribution in [0.5, 0.6) is 0 Å². The van der Waals surface area contributed by atoms with Gasteiger partial charge in [-0.2, -0.15) is 0 Å². The molecule has 2 rings (SSSR count). The minimum atomic E-state index is 0.313. The van der Waals surface area contributed by atoms with Crippen LogP contribution in [0.1, 0.15) is 50.1 Å². The lowest BCUT2D eigenvalue weighted by Gasteiger charge is -2.22. The lowest BCUT2D eigenvalue weighted by atomic mass is 9.91. The van der Waals surface area contributed by atoms with E-state index in [1.54, 1.807) is 0 Å². The van der Waals surface area contributed by atoms with Gasteiger partial charge in [0.25, 0.3) is 0 Å². The Morgan fingerprint density at radius 3 is 2.74 bits per heavy atom. The van der Waals surface area contributed by atoms with E-state index in [1.165, 1.54) is 49.7 Å². The second kappa shape index (κ2) is 7.65.